The molecule has 0 aliphatic heterocycles. The van der Waals surface area contributed by atoms with E-state index in [1.165, 1.54) is 18.2 Å². The van der Waals surface area contributed by atoms with E-state index in [1.807, 2.05) is 23.9 Å². The summed E-state index contributed by atoms with van der Waals surface area (Å²) in [6.45, 7) is 5.65. The number of rotatable bonds is 14. The zero-order valence-electron chi connectivity index (χ0n) is 18.9. The van der Waals surface area contributed by atoms with Crippen molar-refractivity contribution in [3.8, 4) is 11.5 Å². The molecule has 0 spiro atoms. The smallest absolute Gasteiger partial charge is 0.338 e. The first-order valence-electron chi connectivity index (χ1n) is 10.5. The summed E-state index contributed by atoms with van der Waals surface area (Å²) in [6.07, 6.45) is 0.173. The highest BCUT2D eigenvalue weighted by molar-refractivity contribution is 5.90. The fourth-order valence-corrected chi connectivity index (χ4v) is 3.02. The van der Waals surface area contributed by atoms with Crippen molar-refractivity contribution < 1.29 is 34.4 Å². The molecule has 31 heavy (non-hydrogen) atoms. The third kappa shape index (κ3) is 12.3. The van der Waals surface area contributed by atoms with Crippen molar-refractivity contribution in [3.05, 3.63) is 23.8 Å². The second-order valence-corrected chi connectivity index (χ2v) is 8.04. The van der Waals surface area contributed by atoms with Gasteiger partial charge in [0.25, 0.3) is 0 Å². The summed E-state index contributed by atoms with van der Waals surface area (Å²) in [5.41, 5.74) is 0.104. The predicted molar refractivity (Wildman–Crippen MR) is 116 cm³/mol. The number of carbonyl (C=O) groups is 2. The van der Waals surface area contributed by atoms with Crippen LogP contribution in [0.1, 0.15) is 43.5 Å². The van der Waals surface area contributed by atoms with E-state index >= 15 is 0 Å². The molecular formula is C22H36N2O7. The fourth-order valence-electron chi connectivity index (χ4n) is 3.02. The number of hydrogen-bond acceptors (Lipinski definition) is 9. The van der Waals surface area contributed by atoms with Gasteiger partial charge in [0, 0.05) is 32.1 Å². The molecule has 2 atom stereocenters. The van der Waals surface area contributed by atoms with E-state index in [0.717, 1.165) is 6.54 Å². The summed E-state index contributed by atoms with van der Waals surface area (Å²) in [5, 5.41) is 29.0. The van der Waals surface area contributed by atoms with Gasteiger partial charge in [0.1, 0.15) is 11.5 Å². The minimum Gasteiger partial charge on any atom is -0.508 e. The highest BCUT2D eigenvalue weighted by Crippen LogP contribution is 2.23. The molecule has 2 unspecified atom stereocenters. The van der Waals surface area contributed by atoms with Crippen LogP contribution >= 0.6 is 0 Å². The van der Waals surface area contributed by atoms with Gasteiger partial charge < -0.3 is 29.7 Å². The summed E-state index contributed by atoms with van der Waals surface area (Å²) in [7, 11) is 3.85. The van der Waals surface area contributed by atoms with Crippen molar-refractivity contribution in [1.29, 1.82) is 0 Å². The minimum atomic E-state index is -0.598. The molecule has 0 saturated heterocycles. The minimum absolute atomic E-state index is 0.0649. The van der Waals surface area contributed by atoms with E-state index in [0.29, 0.717) is 32.5 Å². The molecule has 0 radical (unpaired) electrons. The lowest BCUT2D eigenvalue weighted by atomic mass is 10.2. The topological polar surface area (TPSA) is 120 Å². The van der Waals surface area contributed by atoms with Crippen LogP contribution in [-0.2, 0) is 9.53 Å². The van der Waals surface area contributed by atoms with Crippen molar-refractivity contribution in [3.63, 3.8) is 0 Å². The number of benzene rings is 1. The van der Waals surface area contributed by atoms with Gasteiger partial charge in [-0.05, 0) is 59.5 Å². The van der Waals surface area contributed by atoms with Crippen LogP contribution in [0.3, 0.4) is 0 Å². The number of phenols is 1. The molecule has 0 aromatic heterocycles. The molecule has 0 aliphatic carbocycles. The van der Waals surface area contributed by atoms with Gasteiger partial charge >= 0.3 is 11.9 Å². The largest absolute Gasteiger partial charge is 0.508 e. The molecule has 0 saturated carbocycles. The highest BCUT2D eigenvalue weighted by atomic mass is 16.5. The Bertz CT molecular complexity index is 682. The maximum absolute atomic E-state index is 12.2. The number of aliphatic hydroxyl groups is 2. The fraction of sp³-hybridized carbons (Fsp3) is 0.636. The molecular weight excluding hydrogens is 404 g/mol. The number of ether oxygens (including phenoxy) is 2. The van der Waals surface area contributed by atoms with E-state index in [2.05, 4.69) is 0 Å². The van der Waals surface area contributed by atoms with Crippen LogP contribution in [0.15, 0.2) is 18.2 Å². The quantitative estimate of drug-likeness (QED) is 0.223. The van der Waals surface area contributed by atoms with E-state index in [9.17, 15) is 24.9 Å². The Balaban J connectivity index is 2.55. The molecule has 1 aromatic rings. The van der Waals surface area contributed by atoms with Crippen LogP contribution < -0.4 is 4.74 Å². The average Bonchev–Trinajstić information content (AvgIpc) is 2.63. The molecule has 0 heterocycles. The van der Waals surface area contributed by atoms with E-state index in [4.69, 9.17) is 9.47 Å². The Morgan fingerprint density at radius 2 is 1.65 bits per heavy atom. The molecule has 1 rings (SSSR count). The first kappa shape index (κ1) is 26.8. The van der Waals surface area contributed by atoms with Crippen molar-refractivity contribution in [2.45, 2.75) is 45.3 Å². The van der Waals surface area contributed by atoms with E-state index in [-0.39, 0.29) is 30.1 Å². The van der Waals surface area contributed by atoms with Crippen LogP contribution in [0, 0.1) is 0 Å². The number of hydrogen-bond donors (Lipinski definition) is 3. The molecule has 9 nitrogen and oxygen atoms in total. The molecule has 176 valence electrons. The van der Waals surface area contributed by atoms with Gasteiger partial charge in [0.15, 0.2) is 0 Å². The van der Waals surface area contributed by atoms with E-state index in [1.54, 1.807) is 13.8 Å². The lowest BCUT2D eigenvalue weighted by molar-refractivity contribution is -0.134. The molecule has 0 aliphatic rings. The number of carbonyl (C=O) groups excluding carboxylic acids is 2. The highest BCUT2D eigenvalue weighted by Gasteiger charge is 2.15. The lowest BCUT2D eigenvalue weighted by Crippen LogP contribution is -2.37. The standard InChI is InChI=1S/C22H36N2O7/c1-16(25)14-24(15-17(2)26)9-5-7-21(28)31-20-12-18(11-19(27)13-20)22(29)30-10-6-8-23(3)4/h11-13,16-17,25-27H,5-10,14-15H2,1-4H3. The molecule has 3 N–H and O–H groups in total. The summed E-state index contributed by atoms with van der Waals surface area (Å²) < 4.78 is 10.4. The van der Waals surface area contributed by atoms with Gasteiger partial charge in [0.2, 0.25) is 0 Å². The first-order chi connectivity index (χ1) is 14.6. The van der Waals surface area contributed by atoms with Crippen LogP contribution in [0.2, 0.25) is 0 Å². The van der Waals surface area contributed by atoms with Gasteiger partial charge in [-0.3, -0.25) is 9.69 Å². The zero-order valence-corrected chi connectivity index (χ0v) is 18.9. The summed E-state index contributed by atoms with van der Waals surface area (Å²) >= 11 is 0. The Morgan fingerprint density at radius 3 is 2.23 bits per heavy atom. The van der Waals surface area contributed by atoms with Crippen molar-refractivity contribution >= 4 is 11.9 Å². The zero-order chi connectivity index (χ0) is 23.4. The van der Waals surface area contributed by atoms with Gasteiger partial charge in [-0.25, -0.2) is 4.79 Å². The molecule has 0 amide bonds. The molecule has 0 fully saturated rings. The van der Waals surface area contributed by atoms with Gasteiger partial charge in [-0.1, -0.05) is 0 Å². The Morgan fingerprint density at radius 1 is 1.00 bits per heavy atom. The SMILES string of the molecule is CC(O)CN(CCCC(=O)Oc1cc(O)cc(C(=O)OCCCN(C)C)c1)CC(C)O. The maximum Gasteiger partial charge on any atom is 0.338 e. The molecule has 1 aromatic carbocycles. The number of aromatic hydroxyl groups is 1. The Labute approximate surface area is 184 Å². The van der Waals surface area contributed by atoms with E-state index < -0.39 is 24.1 Å². The normalized spacial score (nSPS) is 13.3. The summed E-state index contributed by atoms with van der Waals surface area (Å²) in [6, 6.07) is 3.88. The van der Waals surface area contributed by atoms with Crippen LogP contribution in [0.25, 0.3) is 0 Å². The number of esters is 2. The summed E-state index contributed by atoms with van der Waals surface area (Å²) in [4.78, 5) is 28.2. The maximum atomic E-state index is 12.2. The lowest BCUT2D eigenvalue weighted by Gasteiger charge is -2.24. The van der Waals surface area contributed by atoms with Crippen LogP contribution in [0.4, 0.5) is 0 Å². The average molecular weight is 441 g/mol. The Hall–Kier alpha value is -2.20. The Kier molecular flexibility index (Phi) is 12.1. The summed E-state index contributed by atoms with van der Waals surface area (Å²) in [5.74, 6) is -1.25. The number of aliphatic hydroxyl groups excluding tert-OH is 2. The van der Waals surface area contributed by atoms with Crippen LogP contribution in [0.5, 0.6) is 11.5 Å². The van der Waals surface area contributed by atoms with Crippen LogP contribution in [-0.4, -0.2) is 96.1 Å². The van der Waals surface area contributed by atoms with Crippen molar-refractivity contribution in [1.82, 2.24) is 9.80 Å². The van der Waals surface area contributed by atoms with Gasteiger partial charge in [0.05, 0.1) is 24.4 Å². The first-order valence-corrected chi connectivity index (χ1v) is 10.5. The second-order valence-electron chi connectivity index (χ2n) is 8.04. The monoisotopic (exact) mass is 440 g/mol. The van der Waals surface area contributed by atoms with Crippen molar-refractivity contribution in [2.75, 3.05) is 46.9 Å². The van der Waals surface area contributed by atoms with Gasteiger partial charge in [-0.2, -0.15) is 0 Å². The molecule has 0 bridgehead atoms. The van der Waals surface area contributed by atoms with Crippen molar-refractivity contribution in [2.24, 2.45) is 0 Å². The third-order valence-corrected chi connectivity index (χ3v) is 4.24. The number of phenolic OH excluding ortho intramolecular Hbond substituents is 1. The number of nitrogens with zero attached hydrogens (tertiary/aromatic N) is 2. The predicted octanol–water partition coefficient (Wildman–Crippen LogP) is 1.25. The third-order valence-electron chi connectivity index (χ3n) is 4.24. The van der Waals surface area contributed by atoms with Gasteiger partial charge in [-0.15, -0.1) is 0 Å². The molecule has 9 heteroatoms. The second kappa shape index (κ2) is 14.0.